The first-order valence-corrected chi connectivity index (χ1v) is 7.13. The van der Waals surface area contributed by atoms with Crippen molar-refractivity contribution in [1.82, 2.24) is 4.98 Å². The molecule has 2 aromatic rings. The van der Waals surface area contributed by atoms with Crippen LogP contribution in [0.4, 0.5) is 0 Å². The average molecular weight is 281 g/mol. The summed E-state index contributed by atoms with van der Waals surface area (Å²) < 4.78 is 5.45. The molecule has 106 valence electrons. The molecule has 1 aromatic carbocycles. The number of carbonyl (C=O) groups is 1. The first-order chi connectivity index (χ1) is 10.2. The molecule has 4 rings (SSSR count). The van der Waals surface area contributed by atoms with Crippen molar-refractivity contribution < 1.29 is 14.6 Å². The monoisotopic (exact) mass is 281 g/mol. The second kappa shape index (κ2) is 4.76. The minimum Gasteiger partial charge on any atom is -0.386 e. The zero-order valence-corrected chi connectivity index (χ0v) is 11.5. The van der Waals surface area contributed by atoms with Crippen LogP contribution in [0.15, 0.2) is 30.6 Å². The van der Waals surface area contributed by atoms with E-state index in [2.05, 4.69) is 11.1 Å². The lowest BCUT2D eigenvalue weighted by Gasteiger charge is -2.23. The van der Waals surface area contributed by atoms with Crippen LogP contribution in [0, 0.1) is 0 Å². The number of hydrogen-bond acceptors (Lipinski definition) is 4. The fourth-order valence-electron chi connectivity index (χ4n) is 3.19. The number of benzene rings is 1. The Kier molecular flexibility index (Phi) is 2.87. The summed E-state index contributed by atoms with van der Waals surface area (Å²) in [5.41, 5.74) is 5.79. The molecule has 4 heteroatoms. The first-order valence-electron chi connectivity index (χ1n) is 7.13. The van der Waals surface area contributed by atoms with Crippen molar-refractivity contribution in [3.63, 3.8) is 0 Å². The lowest BCUT2D eigenvalue weighted by atomic mass is 9.93. The maximum atomic E-state index is 11.7. The summed E-state index contributed by atoms with van der Waals surface area (Å²) >= 11 is 0. The molecule has 1 aliphatic heterocycles. The van der Waals surface area contributed by atoms with Gasteiger partial charge in [0, 0.05) is 35.5 Å². The number of carbonyl (C=O) groups excluding carboxylic acids is 1. The lowest BCUT2D eigenvalue weighted by Crippen LogP contribution is -2.17. The summed E-state index contributed by atoms with van der Waals surface area (Å²) in [5, 5.41) is 10.0. The predicted octanol–water partition coefficient (Wildman–Crippen LogP) is 2.44. The van der Waals surface area contributed by atoms with E-state index in [-0.39, 0.29) is 5.78 Å². The van der Waals surface area contributed by atoms with Gasteiger partial charge in [-0.15, -0.1) is 0 Å². The fraction of sp³-hybridized carbons (Fsp3) is 0.294. The van der Waals surface area contributed by atoms with Crippen molar-refractivity contribution in [3.8, 4) is 11.1 Å². The lowest BCUT2D eigenvalue weighted by molar-refractivity contribution is 0.00981. The molecule has 0 fully saturated rings. The molecule has 0 bridgehead atoms. The molecule has 2 heterocycles. The van der Waals surface area contributed by atoms with Gasteiger partial charge in [-0.05, 0) is 23.1 Å². The normalized spacial score (nSPS) is 20.2. The van der Waals surface area contributed by atoms with Gasteiger partial charge in [-0.2, -0.15) is 0 Å². The van der Waals surface area contributed by atoms with Gasteiger partial charge in [-0.3, -0.25) is 9.78 Å². The van der Waals surface area contributed by atoms with Gasteiger partial charge >= 0.3 is 0 Å². The summed E-state index contributed by atoms with van der Waals surface area (Å²) in [6.07, 6.45) is 4.31. The molecule has 0 spiro atoms. The van der Waals surface area contributed by atoms with E-state index in [1.165, 1.54) is 0 Å². The minimum absolute atomic E-state index is 0.225. The van der Waals surface area contributed by atoms with Gasteiger partial charge in [0.25, 0.3) is 0 Å². The Bertz CT molecular complexity index is 739. The molecule has 1 aliphatic carbocycles. The first kappa shape index (κ1) is 12.7. The smallest absolute Gasteiger partial charge is 0.163 e. The third kappa shape index (κ3) is 1.99. The molecule has 0 saturated carbocycles. The molecule has 1 N–H and O–H groups in total. The van der Waals surface area contributed by atoms with Crippen LogP contribution in [0.25, 0.3) is 11.1 Å². The van der Waals surface area contributed by atoms with E-state index in [9.17, 15) is 9.90 Å². The Hall–Kier alpha value is -2.04. The van der Waals surface area contributed by atoms with Gasteiger partial charge < -0.3 is 9.84 Å². The predicted molar refractivity (Wildman–Crippen MR) is 76.9 cm³/mol. The number of aryl methyl sites for hydroxylation is 1. The molecule has 1 aromatic heterocycles. The van der Waals surface area contributed by atoms with Crippen molar-refractivity contribution in [1.29, 1.82) is 0 Å². The van der Waals surface area contributed by atoms with Crippen LogP contribution < -0.4 is 0 Å². The van der Waals surface area contributed by atoms with E-state index in [4.69, 9.17) is 4.74 Å². The topological polar surface area (TPSA) is 59.4 Å². The Balaban J connectivity index is 1.85. The second-order valence-corrected chi connectivity index (χ2v) is 5.58. The largest absolute Gasteiger partial charge is 0.386 e. The summed E-state index contributed by atoms with van der Waals surface area (Å²) in [6, 6.07) is 5.93. The van der Waals surface area contributed by atoms with Gasteiger partial charge in [0.2, 0.25) is 0 Å². The van der Waals surface area contributed by atoms with Gasteiger partial charge in [0.15, 0.2) is 5.78 Å². The molecule has 4 nitrogen and oxygen atoms in total. The number of aliphatic hydroxyl groups is 1. The zero-order chi connectivity index (χ0) is 14.4. The third-order valence-electron chi connectivity index (χ3n) is 4.31. The van der Waals surface area contributed by atoms with Crippen molar-refractivity contribution in [3.05, 3.63) is 52.8 Å². The van der Waals surface area contributed by atoms with Gasteiger partial charge in [-0.1, -0.05) is 18.2 Å². The Morgan fingerprint density at radius 1 is 1.19 bits per heavy atom. The van der Waals surface area contributed by atoms with Gasteiger partial charge in [0.05, 0.1) is 13.2 Å². The maximum Gasteiger partial charge on any atom is 0.163 e. The number of ketones is 1. The molecule has 21 heavy (non-hydrogen) atoms. The van der Waals surface area contributed by atoms with E-state index < -0.39 is 6.10 Å². The minimum atomic E-state index is -0.614. The zero-order valence-electron chi connectivity index (χ0n) is 11.5. The SMILES string of the molecule is O=C1CCc2cc(-c3cncc4c3COCC4O)ccc21. The Morgan fingerprint density at radius 2 is 2.10 bits per heavy atom. The van der Waals surface area contributed by atoms with Crippen LogP contribution in [0.2, 0.25) is 0 Å². The quantitative estimate of drug-likeness (QED) is 0.872. The number of ether oxygens (including phenoxy) is 1. The molecule has 0 saturated heterocycles. The van der Waals surface area contributed by atoms with Crippen molar-refractivity contribution in [2.75, 3.05) is 6.61 Å². The molecule has 1 unspecified atom stereocenters. The highest BCUT2D eigenvalue weighted by Gasteiger charge is 2.24. The number of pyridine rings is 1. The number of hydrogen-bond donors (Lipinski definition) is 1. The van der Waals surface area contributed by atoms with Gasteiger partial charge in [0.1, 0.15) is 6.10 Å². The molecule has 2 aliphatic rings. The molecule has 0 radical (unpaired) electrons. The molecular formula is C17H15NO3. The highest BCUT2D eigenvalue weighted by molar-refractivity contribution is 6.01. The summed E-state index contributed by atoms with van der Waals surface area (Å²) in [7, 11) is 0. The number of aliphatic hydroxyl groups excluding tert-OH is 1. The van der Waals surface area contributed by atoms with Crippen molar-refractivity contribution in [2.24, 2.45) is 0 Å². The third-order valence-corrected chi connectivity index (χ3v) is 4.31. The second-order valence-electron chi connectivity index (χ2n) is 5.58. The van der Waals surface area contributed by atoms with Crippen LogP contribution in [-0.4, -0.2) is 22.5 Å². The standard InChI is InChI=1S/C17H15NO3/c19-16-4-2-10-5-11(1-3-12(10)16)13-6-18-7-14-15(13)8-21-9-17(14)20/h1,3,5-7,17,20H,2,4,8-9H2. The van der Waals surface area contributed by atoms with E-state index in [0.29, 0.717) is 19.6 Å². The van der Waals surface area contributed by atoms with Crippen molar-refractivity contribution >= 4 is 5.78 Å². The van der Waals surface area contributed by atoms with Crippen LogP contribution in [-0.2, 0) is 17.8 Å². The summed E-state index contributed by atoms with van der Waals surface area (Å²) in [6.45, 7) is 0.803. The molecule has 1 atom stereocenters. The fourth-order valence-corrected chi connectivity index (χ4v) is 3.19. The highest BCUT2D eigenvalue weighted by atomic mass is 16.5. The van der Waals surface area contributed by atoms with Gasteiger partial charge in [-0.25, -0.2) is 0 Å². The molecular weight excluding hydrogens is 266 g/mol. The summed E-state index contributed by atoms with van der Waals surface area (Å²) in [4.78, 5) is 16.0. The van der Waals surface area contributed by atoms with E-state index in [1.807, 2.05) is 12.1 Å². The average Bonchev–Trinajstić information content (AvgIpc) is 2.88. The van der Waals surface area contributed by atoms with Crippen LogP contribution >= 0.6 is 0 Å². The summed E-state index contributed by atoms with van der Waals surface area (Å²) in [5.74, 6) is 0.225. The highest BCUT2D eigenvalue weighted by Crippen LogP contribution is 2.34. The van der Waals surface area contributed by atoms with Crippen LogP contribution in [0.1, 0.15) is 39.6 Å². The van der Waals surface area contributed by atoms with Crippen LogP contribution in [0.3, 0.4) is 0 Å². The Labute approximate surface area is 122 Å². The van der Waals surface area contributed by atoms with E-state index in [1.54, 1.807) is 12.4 Å². The number of rotatable bonds is 1. The van der Waals surface area contributed by atoms with Crippen LogP contribution in [0.5, 0.6) is 0 Å². The maximum absolute atomic E-state index is 11.7. The molecule has 0 amide bonds. The Morgan fingerprint density at radius 3 is 3.00 bits per heavy atom. The van der Waals surface area contributed by atoms with Crippen molar-refractivity contribution in [2.45, 2.75) is 25.6 Å². The number of fused-ring (bicyclic) bond motifs is 2. The number of Topliss-reactive ketones (excluding diaryl/α,β-unsaturated/α-hetero) is 1. The number of nitrogens with zero attached hydrogens (tertiary/aromatic N) is 1. The van der Waals surface area contributed by atoms with E-state index in [0.717, 1.165) is 39.8 Å². The van der Waals surface area contributed by atoms with E-state index >= 15 is 0 Å². The number of aromatic nitrogens is 1.